The lowest BCUT2D eigenvalue weighted by atomic mass is 9.89. The summed E-state index contributed by atoms with van der Waals surface area (Å²) in [5, 5.41) is 15.1. The van der Waals surface area contributed by atoms with Crippen LogP contribution in [-0.2, 0) is 4.74 Å². The van der Waals surface area contributed by atoms with Crippen molar-refractivity contribution in [2.75, 3.05) is 0 Å². The van der Waals surface area contributed by atoms with Crippen LogP contribution in [-0.4, -0.2) is 29.8 Å². The number of nitriles is 1. The average molecular weight is 281 g/mol. The van der Waals surface area contributed by atoms with Gasteiger partial charge in [0, 0.05) is 18.1 Å². The Labute approximate surface area is 122 Å². The quantitative estimate of drug-likeness (QED) is 0.831. The van der Waals surface area contributed by atoms with Crippen LogP contribution >= 0.6 is 0 Å². The SMILES string of the molecule is C[C@H](CC#N)N[C@@H]1CCCC[C@H]1NC(=O)OC(C)(C)C. The second-order valence-corrected chi connectivity index (χ2v) is 6.57. The lowest BCUT2D eigenvalue weighted by Crippen LogP contribution is -2.54. The van der Waals surface area contributed by atoms with E-state index < -0.39 is 5.60 Å². The van der Waals surface area contributed by atoms with Gasteiger partial charge in [0.2, 0.25) is 0 Å². The number of nitrogens with one attached hydrogen (secondary N) is 2. The lowest BCUT2D eigenvalue weighted by molar-refractivity contribution is 0.0477. The number of hydrogen-bond acceptors (Lipinski definition) is 4. The summed E-state index contributed by atoms with van der Waals surface area (Å²) in [6.45, 7) is 7.58. The molecule has 1 amide bonds. The number of rotatable bonds is 4. The smallest absolute Gasteiger partial charge is 0.407 e. The van der Waals surface area contributed by atoms with E-state index in [0.29, 0.717) is 6.42 Å². The Bertz CT molecular complexity index is 357. The summed E-state index contributed by atoms with van der Waals surface area (Å²) in [4.78, 5) is 11.9. The fraction of sp³-hybridized carbons (Fsp3) is 0.867. The largest absolute Gasteiger partial charge is 0.444 e. The molecule has 20 heavy (non-hydrogen) atoms. The molecule has 0 unspecified atom stereocenters. The molecule has 0 aromatic heterocycles. The first kappa shape index (κ1) is 16.8. The first-order chi connectivity index (χ1) is 9.31. The zero-order chi connectivity index (χ0) is 15.2. The monoisotopic (exact) mass is 281 g/mol. The highest BCUT2D eigenvalue weighted by molar-refractivity contribution is 5.68. The number of ether oxygens (including phenoxy) is 1. The second kappa shape index (κ2) is 7.49. The van der Waals surface area contributed by atoms with Gasteiger partial charge in [-0.25, -0.2) is 4.79 Å². The zero-order valence-corrected chi connectivity index (χ0v) is 13.0. The minimum Gasteiger partial charge on any atom is -0.444 e. The van der Waals surface area contributed by atoms with Crippen molar-refractivity contribution in [3.63, 3.8) is 0 Å². The molecule has 0 aromatic rings. The molecule has 0 aliphatic heterocycles. The normalized spacial score (nSPS) is 24.6. The van der Waals surface area contributed by atoms with Crippen molar-refractivity contribution in [1.29, 1.82) is 5.26 Å². The van der Waals surface area contributed by atoms with Crippen molar-refractivity contribution in [1.82, 2.24) is 10.6 Å². The zero-order valence-electron chi connectivity index (χ0n) is 13.0. The Kier molecular flexibility index (Phi) is 6.28. The van der Waals surface area contributed by atoms with Crippen molar-refractivity contribution < 1.29 is 9.53 Å². The molecule has 1 rings (SSSR count). The molecule has 0 radical (unpaired) electrons. The minimum absolute atomic E-state index is 0.0831. The molecule has 0 bridgehead atoms. The maximum absolute atomic E-state index is 11.9. The molecule has 0 saturated heterocycles. The molecule has 0 spiro atoms. The van der Waals surface area contributed by atoms with Gasteiger partial charge in [0.15, 0.2) is 0 Å². The molecular formula is C15H27N3O2. The highest BCUT2D eigenvalue weighted by Gasteiger charge is 2.28. The number of amides is 1. The van der Waals surface area contributed by atoms with E-state index in [9.17, 15) is 4.79 Å². The van der Waals surface area contributed by atoms with Crippen molar-refractivity contribution in [2.45, 2.75) is 83.5 Å². The summed E-state index contributed by atoms with van der Waals surface area (Å²) in [6, 6.07) is 2.62. The Hall–Kier alpha value is -1.28. The predicted molar refractivity (Wildman–Crippen MR) is 78.2 cm³/mol. The number of hydrogen-bond donors (Lipinski definition) is 2. The summed E-state index contributed by atoms with van der Waals surface area (Å²) in [5.41, 5.74) is -0.476. The predicted octanol–water partition coefficient (Wildman–Crippen LogP) is 2.71. The van der Waals surface area contributed by atoms with Crippen LogP contribution in [0.25, 0.3) is 0 Å². The first-order valence-corrected chi connectivity index (χ1v) is 7.44. The van der Waals surface area contributed by atoms with Crippen molar-refractivity contribution in [3.8, 4) is 6.07 Å². The van der Waals surface area contributed by atoms with Crippen LogP contribution in [0.15, 0.2) is 0 Å². The maximum Gasteiger partial charge on any atom is 0.407 e. The Morgan fingerprint density at radius 3 is 2.50 bits per heavy atom. The molecule has 2 N–H and O–H groups in total. The number of nitrogens with zero attached hydrogens (tertiary/aromatic N) is 1. The highest BCUT2D eigenvalue weighted by atomic mass is 16.6. The molecule has 1 saturated carbocycles. The van der Waals surface area contributed by atoms with Gasteiger partial charge in [0.1, 0.15) is 5.60 Å². The summed E-state index contributed by atoms with van der Waals surface area (Å²) in [6.07, 6.45) is 4.38. The topological polar surface area (TPSA) is 74.2 Å². The Morgan fingerprint density at radius 2 is 1.95 bits per heavy atom. The van der Waals surface area contributed by atoms with E-state index in [2.05, 4.69) is 16.7 Å². The third-order valence-electron chi connectivity index (χ3n) is 3.36. The second-order valence-electron chi connectivity index (χ2n) is 6.57. The van der Waals surface area contributed by atoms with Gasteiger partial charge in [-0.05, 0) is 40.5 Å². The maximum atomic E-state index is 11.9. The van der Waals surface area contributed by atoms with E-state index in [1.165, 1.54) is 0 Å². The summed E-state index contributed by atoms with van der Waals surface area (Å²) < 4.78 is 5.31. The molecular weight excluding hydrogens is 254 g/mol. The van der Waals surface area contributed by atoms with Crippen molar-refractivity contribution in [3.05, 3.63) is 0 Å². The Balaban J connectivity index is 2.52. The average Bonchev–Trinajstić information content (AvgIpc) is 2.29. The molecule has 1 aliphatic rings. The third-order valence-corrected chi connectivity index (χ3v) is 3.36. The molecule has 1 fully saturated rings. The lowest BCUT2D eigenvalue weighted by Gasteiger charge is -2.35. The van der Waals surface area contributed by atoms with Crippen LogP contribution in [0.4, 0.5) is 4.79 Å². The minimum atomic E-state index is -0.476. The summed E-state index contributed by atoms with van der Waals surface area (Å²) in [5.74, 6) is 0. The first-order valence-electron chi connectivity index (χ1n) is 7.44. The van der Waals surface area contributed by atoms with Gasteiger partial charge in [0.25, 0.3) is 0 Å². The molecule has 0 aromatic carbocycles. The van der Waals surface area contributed by atoms with Gasteiger partial charge in [-0.2, -0.15) is 5.26 Å². The number of carbonyl (C=O) groups excluding carboxylic acids is 1. The van der Waals surface area contributed by atoms with Crippen LogP contribution < -0.4 is 10.6 Å². The van der Waals surface area contributed by atoms with Crippen LogP contribution in [0.2, 0.25) is 0 Å². The van der Waals surface area contributed by atoms with Crippen LogP contribution in [0.1, 0.15) is 59.8 Å². The van der Waals surface area contributed by atoms with E-state index in [-0.39, 0.29) is 24.2 Å². The fourth-order valence-corrected chi connectivity index (χ4v) is 2.52. The summed E-state index contributed by atoms with van der Waals surface area (Å²) >= 11 is 0. The third kappa shape index (κ3) is 6.25. The number of alkyl carbamates (subject to hydrolysis) is 1. The molecule has 114 valence electrons. The van der Waals surface area contributed by atoms with Crippen molar-refractivity contribution in [2.24, 2.45) is 0 Å². The molecule has 1 aliphatic carbocycles. The van der Waals surface area contributed by atoms with Crippen LogP contribution in [0.3, 0.4) is 0 Å². The van der Waals surface area contributed by atoms with Crippen LogP contribution in [0.5, 0.6) is 0 Å². The van der Waals surface area contributed by atoms with Gasteiger partial charge < -0.3 is 15.4 Å². The van der Waals surface area contributed by atoms with E-state index in [1.54, 1.807) is 0 Å². The van der Waals surface area contributed by atoms with E-state index in [1.807, 2.05) is 27.7 Å². The summed E-state index contributed by atoms with van der Waals surface area (Å²) in [7, 11) is 0. The molecule has 5 nitrogen and oxygen atoms in total. The van der Waals surface area contributed by atoms with Crippen molar-refractivity contribution >= 4 is 6.09 Å². The van der Waals surface area contributed by atoms with E-state index in [4.69, 9.17) is 10.00 Å². The molecule has 5 heteroatoms. The molecule has 0 heterocycles. The standard InChI is InChI=1S/C15H27N3O2/c1-11(9-10-16)17-12-7-5-6-8-13(12)18-14(19)20-15(2,3)4/h11-13,17H,5-9H2,1-4H3,(H,18,19)/t11-,12-,13-/m1/s1. The Morgan fingerprint density at radius 1 is 1.35 bits per heavy atom. The van der Waals surface area contributed by atoms with Gasteiger partial charge in [-0.1, -0.05) is 12.8 Å². The number of carbonyl (C=O) groups is 1. The van der Waals surface area contributed by atoms with E-state index >= 15 is 0 Å². The van der Waals surface area contributed by atoms with Gasteiger partial charge in [0.05, 0.1) is 12.5 Å². The highest BCUT2D eigenvalue weighted by Crippen LogP contribution is 2.20. The fourth-order valence-electron chi connectivity index (χ4n) is 2.52. The van der Waals surface area contributed by atoms with Gasteiger partial charge in [-0.15, -0.1) is 0 Å². The molecule has 3 atom stereocenters. The van der Waals surface area contributed by atoms with Gasteiger partial charge >= 0.3 is 6.09 Å². The van der Waals surface area contributed by atoms with Crippen LogP contribution in [0, 0.1) is 11.3 Å². The van der Waals surface area contributed by atoms with Gasteiger partial charge in [-0.3, -0.25) is 0 Å². The van der Waals surface area contributed by atoms with E-state index in [0.717, 1.165) is 25.7 Å².